The monoisotopic (exact) mass is 246 g/mol. The summed E-state index contributed by atoms with van der Waals surface area (Å²) in [5, 5.41) is 11.2. The van der Waals surface area contributed by atoms with Crippen LogP contribution in [0.25, 0.3) is 0 Å². The van der Waals surface area contributed by atoms with E-state index in [9.17, 15) is 0 Å². The first-order valence-electron chi connectivity index (χ1n) is 5.91. The highest BCUT2D eigenvalue weighted by Gasteiger charge is 2.07. The van der Waals surface area contributed by atoms with Crippen LogP contribution < -0.4 is 10.1 Å². The van der Waals surface area contributed by atoms with Gasteiger partial charge in [0, 0.05) is 19.6 Å². The molecular formula is C13H18N4O. The lowest BCUT2D eigenvalue weighted by Crippen LogP contribution is -2.19. The van der Waals surface area contributed by atoms with Crippen LogP contribution in [0.3, 0.4) is 0 Å². The van der Waals surface area contributed by atoms with Crippen LogP contribution >= 0.6 is 0 Å². The zero-order valence-corrected chi connectivity index (χ0v) is 10.9. The highest BCUT2D eigenvalue weighted by atomic mass is 16.5. The molecular weight excluding hydrogens is 228 g/mol. The maximum Gasteiger partial charge on any atom is 0.119 e. The Morgan fingerprint density at radius 3 is 2.94 bits per heavy atom. The molecule has 5 heteroatoms. The summed E-state index contributed by atoms with van der Waals surface area (Å²) >= 11 is 0. The Morgan fingerprint density at radius 2 is 2.28 bits per heavy atom. The molecule has 2 rings (SSSR count). The number of aromatic nitrogens is 3. The third-order valence-electron chi connectivity index (χ3n) is 2.99. The van der Waals surface area contributed by atoms with Crippen molar-refractivity contribution in [1.82, 2.24) is 20.3 Å². The highest BCUT2D eigenvalue weighted by molar-refractivity contribution is 5.30. The summed E-state index contributed by atoms with van der Waals surface area (Å²) in [4.78, 5) is 0. The normalized spacial score (nSPS) is 12.4. The Morgan fingerprint density at radius 1 is 1.44 bits per heavy atom. The predicted molar refractivity (Wildman–Crippen MR) is 69.3 cm³/mol. The van der Waals surface area contributed by atoms with Crippen LogP contribution in [-0.4, -0.2) is 22.1 Å². The Kier molecular flexibility index (Phi) is 3.94. The van der Waals surface area contributed by atoms with Crippen LogP contribution in [0.4, 0.5) is 0 Å². The number of nitrogens with zero attached hydrogens (tertiary/aromatic N) is 3. The first-order valence-corrected chi connectivity index (χ1v) is 5.91. The molecule has 0 saturated carbocycles. The number of hydrogen-bond donors (Lipinski definition) is 1. The van der Waals surface area contributed by atoms with Gasteiger partial charge < -0.3 is 10.1 Å². The van der Waals surface area contributed by atoms with Gasteiger partial charge in [-0.2, -0.15) is 0 Å². The fourth-order valence-electron chi connectivity index (χ4n) is 1.76. The van der Waals surface area contributed by atoms with Gasteiger partial charge in [0.25, 0.3) is 0 Å². The van der Waals surface area contributed by atoms with E-state index in [1.807, 2.05) is 25.2 Å². The molecule has 1 aromatic heterocycles. The van der Waals surface area contributed by atoms with Gasteiger partial charge in [-0.05, 0) is 24.6 Å². The number of methoxy groups -OCH3 is 1. The summed E-state index contributed by atoms with van der Waals surface area (Å²) in [6.07, 6.45) is 1.77. The van der Waals surface area contributed by atoms with Crippen molar-refractivity contribution >= 4 is 0 Å². The van der Waals surface area contributed by atoms with E-state index in [-0.39, 0.29) is 6.04 Å². The molecule has 1 unspecified atom stereocenters. The van der Waals surface area contributed by atoms with Gasteiger partial charge in [0.1, 0.15) is 5.75 Å². The minimum atomic E-state index is 0.245. The van der Waals surface area contributed by atoms with Gasteiger partial charge in [0.15, 0.2) is 0 Å². The molecule has 0 fully saturated rings. The molecule has 1 atom stereocenters. The van der Waals surface area contributed by atoms with Crippen LogP contribution in [0.1, 0.15) is 24.2 Å². The summed E-state index contributed by atoms with van der Waals surface area (Å²) in [6, 6.07) is 8.31. The van der Waals surface area contributed by atoms with Crippen LogP contribution in [0.2, 0.25) is 0 Å². The van der Waals surface area contributed by atoms with Crippen molar-refractivity contribution in [3.8, 4) is 5.75 Å². The smallest absolute Gasteiger partial charge is 0.119 e. The van der Waals surface area contributed by atoms with Crippen molar-refractivity contribution in [3.63, 3.8) is 0 Å². The first-order chi connectivity index (χ1) is 8.70. The average Bonchev–Trinajstić information content (AvgIpc) is 2.81. The molecule has 2 aromatic rings. The van der Waals surface area contributed by atoms with Crippen molar-refractivity contribution < 1.29 is 4.74 Å². The van der Waals surface area contributed by atoms with E-state index in [2.05, 4.69) is 28.6 Å². The van der Waals surface area contributed by atoms with Gasteiger partial charge in [0.05, 0.1) is 19.0 Å². The third kappa shape index (κ3) is 2.87. The average molecular weight is 246 g/mol. The quantitative estimate of drug-likeness (QED) is 0.872. The van der Waals surface area contributed by atoms with E-state index in [1.165, 1.54) is 5.56 Å². The SMILES string of the molecule is COc1cccc(C(C)NCc2cnnn2C)c1. The maximum absolute atomic E-state index is 5.22. The van der Waals surface area contributed by atoms with E-state index in [1.54, 1.807) is 18.0 Å². The standard InChI is InChI=1S/C13H18N4O/c1-10(11-5-4-6-13(7-11)18-3)14-8-12-9-15-16-17(12)2/h4-7,9-10,14H,8H2,1-3H3. The predicted octanol–water partition coefficient (Wildman–Crippen LogP) is 1.67. The largest absolute Gasteiger partial charge is 0.497 e. The van der Waals surface area contributed by atoms with Crippen LogP contribution in [0, 0.1) is 0 Å². The summed E-state index contributed by atoms with van der Waals surface area (Å²) < 4.78 is 6.99. The number of hydrogen-bond acceptors (Lipinski definition) is 4. The van der Waals surface area contributed by atoms with Crippen molar-refractivity contribution in [1.29, 1.82) is 0 Å². The molecule has 1 N–H and O–H groups in total. The number of benzene rings is 1. The highest BCUT2D eigenvalue weighted by Crippen LogP contribution is 2.18. The van der Waals surface area contributed by atoms with Crippen LogP contribution in [0.5, 0.6) is 5.75 Å². The Balaban J connectivity index is 1.99. The van der Waals surface area contributed by atoms with Gasteiger partial charge in [0.2, 0.25) is 0 Å². The second kappa shape index (κ2) is 5.64. The molecule has 0 radical (unpaired) electrons. The van der Waals surface area contributed by atoms with E-state index in [0.29, 0.717) is 0 Å². The van der Waals surface area contributed by atoms with Crippen LogP contribution in [0.15, 0.2) is 30.5 Å². The number of aryl methyl sites for hydroxylation is 1. The third-order valence-corrected chi connectivity index (χ3v) is 2.99. The zero-order valence-electron chi connectivity index (χ0n) is 10.9. The van der Waals surface area contributed by atoms with Crippen molar-refractivity contribution in [3.05, 3.63) is 41.7 Å². The van der Waals surface area contributed by atoms with E-state index >= 15 is 0 Å². The van der Waals surface area contributed by atoms with Gasteiger partial charge in [-0.15, -0.1) is 5.10 Å². The molecule has 0 aliphatic carbocycles. The maximum atomic E-state index is 5.22. The fourth-order valence-corrected chi connectivity index (χ4v) is 1.76. The number of ether oxygens (including phenoxy) is 1. The molecule has 96 valence electrons. The number of nitrogens with one attached hydrogen (secondary N) is 1. The van der Waals surface area contributed by atoms with Crippen LogP contribution in [-0.2, 0) is 13.6 Å². The molecule has 0 aliphatic rings. The molecule has 5 nitrogen and oxygen atoms in total. The van der Waals surface area contributed by atoms with Gasteiger partial charge >= 0.3 is 0 Å². The summed E-state index contributed by atoms with van der Waals surface area (Å²) in [5.74, 6) is 0.878. The summed E-state index contributed by atoms with van der Waals surface area (Å²) in [6.45, 7) is 2.86. The lowest BCUT2D eigenvalue weighted by Gasteiger charge is -2.14. The first kappa shape index (κ1) is 12.6. The lowest BCUT2D eigenvalue weighted by molar-refractivity contribution is 0.413. The topological polar surface area (TPSA) is 52.0 Å². The van der Waals surface area contributed by atoms with Gasteiger partial charge in [-0.1, -0.05) is 17.3 Å². The minimum Gasteiger partial charge on any atom is -0.497 e. The zero-order chi connectivity index (χ0) is 13.0. The van der Waals surface area contributed by atoms with E-state index in [4.69, 9.17) is 4.74 Å². The molecule has 0 amide bonds. The fraction of sp³-hybridized carbons (Fsp3) is 0.385. The Labute approximate surface area is 107 Å². The van der Waals surface area contributed by atoms with Crippen molar-refractivity contribution in [2.24, 2.45) is 7.05 Å². The van der Waals surface area contributed by atoms with E-state index in [0.717, 1.165) is 18.0 Å². The molecule has 0 aliphatic heterocycles. The Hall–Kier alpha value is -1.88. The summed E-state index contributed by atoms with van der Waals surface area (Å²) in [5.41, 5.74) is 2.26. The second-order valence-electron chi connectivity index (χ2n) is 4.23. The van der Waals surface area contributed by atoms with Gasteiger partial charge in [-0.3, -0.25) is 4.68 Å². The lowest BCUT2D eigenvalue weighted by atomic mass is 10.1. The molecule has 0 saturated heterocycles. The molecule has 1 heterocycles. The van der Waals surface area contributed by atoms with Crippen molar-refractivity contribution in [2.75, 3.05) is 7.11 Å². The Bertz CT molecular complexity index is 509. The van der Waals surface area contributed by atoms with Crippen molar-refractivity contribution in [2.45, 2.75) is 19.5 Å². The molecule has 1 aromatic carbocycles. The number of rotatable bonds is 5. The molecule has 18 heavy (non-hydrogen) atoms. The second-order valence-corrected chi connectivity index (χ2v) is 4.23. The van der Waals surface area contributed by atoms with Gasteiger partial charge in [-0.25, -0.2) is 0 Å². The molecule has 0 spiro atoms. The minimum absolute atomic E-state index is 0.245. The van der Waals surface area contributed by atoms with E-state index < -0.39 is 0 Å². The summed E-state index contributed by atoms with van der Waals surface area (Å²) in [7, 11) is 3.57. The molecule has 0 bridgehead atoms.